The van der Waals surface area contributed by atoms with Crippen LogP contribution in [0.4, 0.5) is 10.9 Å². The number of amides is 1. The highest BCUT2D eigenvalue weighted by Gasteiger charge is 2.25. The fraction of sp³-hybridized carbons (Fsp3) is 0.636. The maximum atomic E-state index is 12.3. The number of nitrogen functional groups attached to an aromatic ring is 1. The monoisotopic (exact) mass is 269 g/mol. The third-order valence-corrected chi connectivity index (χ3v) is 4.24. The predicted octanol–water partition coefficient (Wildman–Crippen LogP) is 0.545. The van der Waals surface area contributed by atoms with E-state index in [1.165, 1.54) is 11.3 Å². The molecule has 2 rings (SSSR count). The number of likely N-dealkylation sites (N-methyl/N-ethyl adjacent to an activating group) is 1. The van der Waals surface area contributed by atoms with Gasteiger partial charge in [-0.3, -0.25) is 4.79 Å². The highest BCUT2D eigenvalue weighted by Crippen LogP contribution is 2.26. The van der Waals surface area contributed by atoms with Crippen molar-refractivity contribution in [3.05, 3.63) is 4.88 Å². The van der Waals surface area contributed by atoms with Crippen LogP contribution in [0.2, 0.25) is 0 Å². The molecule has 1 aliphatic rings. The topological polar surface area (TPSA) is 74.5 Å². The van der Waals surface area contributed by atoms with Gasteiger partial charge in [-0.25, -0.2) is 4.98 Å². The van der Waals surface area contributed by atoms with Gasteiger partial charge in [-0.1, -0.05) is 18.3 Å². The summed E-state index contributed by atoms with van der Waals surface area (Å²) in [6, 6.07) is 0. The van der Waals surface area contributed by atoms with E-state index in [0.29, 0.717) is 15.8 Å². The lowest BCUT2D eigenvalue weighted by atomic mass is 10.3. The highest BCUT2D eigenvalue weighted by atomic mass is 32.1. The van der Waals surface area contributed by atoms with E-state index >= 15 is 0 Å². The van der Waals surface area contributed by atoms with Crippen LogP contribution in [0.25, 0.3) is 0 Å². The maximum absolute atomic E-state index is 12.3. The minimum atomic E-state index is 0.00209. The lowest BCUT2D eigenvalue weighted by Crippen LogP contribution is -2.48. The first-order valence-corrected chi connectivity index (χ1v) is 6.93. The zero-order chi connectivity index (χ0) is 13.1. The van der Waals surface area contributed by atoms with Crippen molar-refractivity contribution in [2.75, 3.05) is 50.8 Å². The molecule has 0 unspecified atom stereocenters. The van der Waals surface area contributed by atoms with Gasteiger partial charge in [0.25, 0.3) is 5.91 Å². The van der Waals surface area contributed by atoms with E-state index in [9.17, 15) is 4.79 Å². The molecular weight excluding hydrogens is 250 g/mol. The van der Waals surface area contributed by atoms with Crippen LogP contribution in [0, 0.1) is 0 Å². The molecule has 0 atom stereocenters. The zero-order valence-electron chi connectivity index (χ0n) is 10.8. The van der Waals surface area contributed by atoms with Gasteiger partial charge >= 0.3 is 0 Å². The Morgan fingerprint density at radius 1 is 1.44 bits per heavy atom. The number of aromatic nitrogens is 1. The van der Waals surface area contributed by atoms with Crippen molar-refractivity contribution in [3.8, 4) is 0 Å². The van der Waals surface area contributed by atoms with Crippen LogP contribution in [-0.4, -0.2) is 60.5 Å². The molecule has 7 heteroatoms. The smallest absolute Gasteiger partial charge is 0.267 e. The van der Waals surface area contributed by atoms with E-state index in [1.54, 1.807) is 7.05 Å². The second-order valence-electron chi connectivity index (χ2n) is 4.21. The van der Waals surface area contributed by atoms with Crippen LogP contribution in [0.15, 0.2) is 0 Å². The molecule has 1 aromatic heterocycles. The van der Waals surface area contributed by atoms with Crippen molar-refractivity contribution in [1.82, 2.24) is 14.8 Å². The summed E-state index contributed by atoms with van der Waals surface area (Å²) in [5.74, 6) is 0.328. The average Bonchev–Trinajstić information content (AvgIpc) is 2.79. The summed E-state index contributed by atoms with van der Waals surface area (Å²) < 4.78 is 0. The van der Waals surface area contributed by atoms with Crippen LogP contribution < -0.4 is 11.1 Å². The predicted molar refractivity (Wildman–Crippen MR) is 74.1 cm³/mol. The van der Waals surface area contributed by atoms with Crippen LogP contribution in [0.1, 0.15) is 16.6 Å². The standard InChI is InChI=1S/C11H19N5OS/c1-3-15-4-6-16(7-5-15)10(17)8-9(12)14-11(13-2)18-8/h3-7,12H2,1-2H3,(H,13,14). The number of anilines is 2. The Balaban J connectivity index is 2.05. The molecular formula is C11H19N5OS. The van der Waals surface area contributed by atoms with Crippen LogP contribution in [0.3, 0.4) is 0 Å². The first kappa shape index (κ1) is 13.1. The molecule has 1 aliphatic heterocycles. The molecule has 0 bridgehead atoms. The van der Waals surface area contributed by atoms with Gasteiger partial charge in [-0.2, -0.15) is 0 Å². The zero-order valence-corrected chi connectivity index (χ0v) is 11.6. The van der Waals surface area contributed by atoms with Crippen molar-refractivity contribution >= 4 is 28.2 Å². The van der Waals surface area contributed by atoms with Crippen molar-refractivity contribution in [2.24, 2.45) is 0 Å². The number of nitrogens with zero attached hydrogens (tertiary/aromatic N) is 3. The Hall–Kier alpha value is -1.34. The van der Waals surface area contributed by atoms with Gasteiger partial charge in [0.15, 0.2) is 5.13 Å². The molecule has 3 N–H and O–H groups in total. The number of thiazole rings is 1. The second-order valence-corrected chi connectivity index (χ2v) is 5.21. The van der Waals surface area contributed by atoms with E-state index in [1.807, 2.05) is 4.90 Å². The van der Waals surface area contributed by atoms with Gasteiger partial charge < -0.3 is 20.9 Å². The first-order chi connectivity index (χ1) is 8.65. The van der Waals surface area contributed by atoms with Crippen LogP contribution in [0.5, 0.6) is 0 Å². The Labute approximate surface area is 111 Å². The largest absolute Gasteiger partial charge is 0.382 e. The number of carbonyl (C=O) groups is 1. The molecule has 0 spiro atoms. The van der Waals surface area contributed by atoms with E-state index in [0.717, 1.165) is 32.7 Å². The van der Waals surface area contributed by atoms with Gasteiger partial charge in [-0.15, -0.1) is 0 Å². The molecule has 0 aliphatic carbocycles. The molecule has 18 heavy (non-hydrogen) atoms. The van der Waals surface area contributed by atoms with Crippen molar-refractivity contribution in [2.45, 2.75) is 6.92 Å². The van der Waals surface area contributed by atoms with Crippen molar-refractivity contribution in [3.63, 3.8) is 0 Å². The minimum Gasteiger partial charge on any atom is -0.382 e. The van der Waals surface area contributed by atoms with Gasteiger partial charge in [0.2, 0.25) is 0 Å². The molecule has 1 saturated heterocycles. The average molecular weight is 269 g/mol. The number of rotatable bonds is 3. The fourth-order valence-corrected chi connectivity index (χ4v) is 2.81. The number of nitrogens with two attached hydrogens (primary N) is 1. The normalized spacial score (nSPS) is 16.9. The lowest BCUT2D eigenvalue weighted by molar-refractivity contribution is 0.0649. The van der Waals surface area contributed by atoms with E-state index in [-0.39, 0.29) is 5.91 Å². The summed E-state index contributed by atoms with van der Waals surface area (Å²) in [5.41, 5.74) is 5.78. The number of carbonyl (C=O) groups excluding carboxylic acids is 1. The molecule has 0 radical (unpaired) electrons. The Morgan fingerprint density at radius 3 is 2.61 bits per heavy atom. The Morgan fingerprint density at radius 2 is 2.11 bits per heavy atom. The summed E-state index contributed by atoms with van der Waals surface area (Å²) in [4.78, 5) is 21.2. The molecule has 1 amide bonds. The third-order valence-electron chi connectivity index (χ3n) is 3.17. The van der Waals surface area contributed by atoms with Gasteiger partial charge in [0, 0.05) is 33.2 Å². The summed E-state index contributed by atoms with van der Waals surface area (Å²) in [6.45, 7) is 6.56. The van der Waals surface area contributed by atoms with Crippen LogP contribution in [-0.2, 0) is 0 Å². The fourth-order valence-electron chi connectivity index (χ4n) is 2.00. The van der Waals surface area contributed by atoms with E-state index in [2.05, 4.69) is 22.1 Å². The summed E-state index contributed by atoms with van der Waals surface area (Å²) in [6.07, 6.45) is 0. The summed E-state index contributed by atoms with van der Waals surface area (Å²) >= 11 is 1.32. The number of nitrogens with one attached hydrogen (secondary N) is 1. The third kappa shape index (κ3) is 2.56. The molecule has 1 aromatic rings. The molecule has 0 saturated carbocycles. The van der Waals surface area contributed by atoms with Crippen molar-refractivity contribution < 1.29 is 4.79 Å². The Bertz CT molecular complexity index is 425. The molecule has 1 fully saturated rings. The van der Waals surface area contributed by atoms with Crippen LogP contribution >= 0.6 is 11.3 Å². The van der Waals surface area contributed by atoms with E-state index in [4.69, 9.17) is 5.73 Å². The lowest BCUT2D eigenvalue weighted by Gasteiger charge is -2.33. The molecule has 100 valence electrons. The Kier molecular flexibility index (Phi) is 4.03. The van der Waals surface area contributed by atoms with Crippen molar-refractivity contribution in [1.29, 1.82) is 0 Å². The first-order valence-electron chi connectivity index (χ1n) is 6.11. The highest BCUT2D eigenvalue weighted by molar-refractivity contribution is 7.18. The second kappa shape index (κ2) is 5.53. The maximum Gasteiger partial charge on any atom is 0.267 e. The minimum absolute atomic E-state index is 0.00209. The SMILES string of the molecule is CCN1CCN(C(=O)c2sc(NC)nc2N)CC1. The van der Waals surface area contributed by atoms with Gasteiger partial charge in [-0.05, 0) is 6.54 Å². The number of piperazine rings is 1. The van der Waals surface area contributed by atoms with Gasteiger partial charge in [0.05, 0.1) is 0 Å². The molecule has 2 heterocycles. The number of hydrogen-bond acceptors (Lipinski definition) is 6. The number of hydrogen-bond donors (Lipinski definition) is 2. The van der Waals surface area contributed by atoms with E-state index < -0.39 is 0 Å². The molecule has 6 nitrogen and oxygen atoms in total. The molecule has 0 aromatic carbocycles. The van der Waals surface area contributed by atoms with Gasteiger partial charge in [0.1, 0.15) is 10.7 Å². The quantitative estimate of drug-likeness (QED) is 0.838. The summed E-state index contributed by atoms with van der Waals surface area (Å²) in [5, 5.41) is 3.59. The summed E-state index contributed by atoms with van der Waals surface area (Å²) in [7, 11) is 1.77.